The third-order valence-corrected chi connectivity index (χ3v) is 2.72. The van der Waals surface area contributed by atoms with Crippen LogP contribution in [0.5, 0.6) is 5.75 Å². The molecule has 1 aliphatic heterocycles. The van der Waals surface area contributed by atoms with E-state index in [0.29, 0.717) is 5.75 Å². The van der Waals surface area contributed by atoms with E-state index < -0.39 is 0 Å². The molecule has 1 aromatic carbocycles. The molecular weight excluding hydrogens is 181 g/mol. The van der Waals surface area contributed by atoms with Crippen molar-refractivity contribution in [2.75, 3.05) is 0 Å². The molecule has 0 aromatic heterocycles. The van der Waals surface area contributed by atoms with Gasteiger partial charge in [0.2, 0.25) is 0 Å². The normalized spacial score (nSPS) is 26.9. The van der Waals surface area contributed by atoms with Crippen molar-refractivity contribution in [1.82, 2.24) is 0 Å². The number of benzene rings is 1. The van der Waals surface area contributed by atoms with E-state index in [1.54, 1.807) is 6.07 Å². The highest BCUT2D eigenvalue weighted by Crippen LogP contribution is 2.39. The van der Waals surface area contributed by atoms with Gasteiger partial charge >= 0.3 is 0 Å². The van der Waals surface area contributed by atoms with Crippen LogP contribution in [0.2, 0.25) is 0 Å². The number of nitrogens with two attached hydrogens (primary N) is 1. The van der Waals surface area contributed by atoms with Crippen molar-refractivity contribution >= 4 is 0 Å². The summed E-state index contributed by atoms with van der Waals surface area (Å²) in [6.45, 7) is 3.91. The van der Waals surface area contributed by atoms with Gasteiger partial charge in [-0.15, -0.1) is 0 Å². The zero-order valence-electron chi connectivity index (χ0n) is 8.33. The number of ether oxygens (including phenoxy) is 1. The number of halogens is 1. The Morgan fingerprint density at radius 3 is 2.86 bits per heavy atom. The molecule has 3 unspecified atom stereocenters. The summed E-state index contributed by atoms with van der Waals surface area (Å²) in [5, 5.41) is 0. The predicted molar refractivity (Wildman–Crippen MR) is 52.9 cm³/mol. The molecule has 1 heterocycles. The maximum atomic E-state index is 12.9. The van der Waals surface area contributed by atoms with Crippen LogP contribution in [0.25, 0.3) is 0 Å². The second kappa shape index (κ2) is 3.24. The van der Waals surface area contributed by atoms with Gasteiger partial charge < -0.3 is 10.5 Å². The van der Waals surface area contributed by atoms with Crippen molar-refractivity contribution in [2.24, 2.45) is 5.73 Å². The van der Waals surface area contributed by atoms with Crippen LogP contribution < -0.4 is 10.5 Å². The summed E-state index contributed by atoms with van der Waals surface area (Å²) in [5.74, 6) is 0.548. The van der Waals surface area contributed by atoms with E-state index in [0.717, 1.165) is 5.56 Å². The molecule has 2 rings (SSSR count). The minimum Gasteiger partial charge on any atom is -0.490 e. The number of fused-ring (bicyclic) bond motifs is 1. The molecule has 1 aliphatic rings. The van der Waals surface area contributed by atoms with Crippen molar-refractivity contribution in [1.29, 1.82) is 0 Å². The minimum atomic E-state index is -0.263. The minimum absolute atomic E-state index is 0.0247. The molecule has 0 fully saturated rings. The van der Waals surface area contributed by atoms with Crippen LogP contribution in [-0.2, 0) is 0 Å². The van der Waals surface area contributed by atoms with E-state index in [1.165, 1.54) is 12.1 Å². The Hall–Kier alpha value is -1.09. The smallest absolute Gasteiger partial charge is 0.126 e. The van der Waals surface area contributed by atoms with Crippen LogP contribution in [0, 0.1) is 5.82 Å². The van der Waals surface area contributed by atoms with E-state index in [1.807, 2.05) is 13.8 Å². The van der Waals surface area contributed by atoms with Gasteiger partial charge in [-0.05, 0) is 19.9 Å². The third kappa shape index (κ3) is 1.38. The van der Waals surface area contributed by atoms with Crippen molar-refractivity contribution in [3.05, 3.63) is 29.6 Å². The highest BCUT2D eigenvalue weighted by Gasteiger charge is 2.33. The van der Waals surface area contributed by atoms with Gasteiger partial charge in [-0.1, -0.05) is 6.07 Å². The standard InChI is InChI=1S/C11H14FNO/c1-6(13)11-7(2)14-10-5-8(12)3-4-9(10)11/h3-7,11H,13H2,1-2H3. The zero-order chi connectivity index (χ0) is 10.3. The average Bonchev–Trinajstić information content (AvgIpc) is 2.39. The lowest BCUT2D eigenvalue weighted by Gasteiger charge is -2.18. The molecule has 0 aliphatic carbocycles. The van der Waals surface area contributed by atoms with Crippen LogP contribution in [0.15, 0.2) is 18.2 Å². The van der Waals surface area contributed by atoms with Crippen molar-refractivity contribution in [3.63, 3.8) is 0 Å². The summed E-state index contributed by atoms with van der Waals surface area (Å²) in [6, 6.07) is 4.67. The molecule has 0 radical (unpaired) electrons. The molecule has 2 nitrogen and oxygen atoms in total. The molecule has 0 spiro atoms. The van der Waals surface area contributed by atoms with Crippen LogP contribution >= 0.6 is 0 Å². The highest BCUT2D eigenvalue weighted by molar-refractivity contribution is 5.42. The first-order chi connectivity index (χ1) is 6.59. The van der Waals surface area contributed by atoms with Gasteiger partial charge in [0.05, 0.1) is 0 Å². The lowest BCUT2D eigenvalue weighted by molar-refractivity contribution is 0.215. The monoisotopic (exact) mass is 195 g/mol. The lowest BCUT2D eigenvalue weighted by Crippen LogP contribution is -2.30. The summed E-state index contributed by atoms with van der Waals surface area (Å²) in [5.41, 5.74) is 6.89. The third-order valence-electron chi connectivity index (χ3n) is 2.72. The van der Waals surface area contributed by atoms with Gasteiger partial charge in [0, 0.05) is 23.6 Å². The fourth-order valence-corrected chi connectivity index (χ4v) is 2.12. The van der Waals surface area contributed by atoms with Crippen molar-refractivity contribution in [3.8, 4) is 5.75 Å². The quantitative estimate of drug-likeness (QED) is 0.744. The zero-order valence-corrected chi connectivity index (χ0v) is 8.33. The summed E-state index contributed by atoms with van der Waals surface area (Å²) in [7, 11) is 0. The topological polar surface area (TPSA) is 35.2 Å². The fourth-order valence-electron chi connectivity index (χ4n) is 2.12. The van der Waals surface area contributed by atoms with Gasteiger partial charge in [-0.3, -0.25) is 0 Å². The SMILES string of the molecule is CC(N)C1c2ccc(F)cc2OC1C. The van der Waals surface area contributed by atoms with Gasteiger partial charge in [0.15, 0.2) is 0 Å². The van der Waals surface area contributed by atoms with E-state index in [4.69, 9.17) is 10.5 Å². The van der Waals surface area contributed by atoms with Crippen LogP contribution in [-0.4, -0.2) is 12.1 Å². The van der Waals surface area contributed by atoms with Gasteiger partial charge in [0.1, 0.15) is 17.7 Å². The molecule has 0 bridgehead atoms. The van der Waals surface area contributed by atoms with Gasteiger partial charge in [0.25, 0.3) is 0 Å². The molecule has 0 amide bonds. The van der Waals surface area contributed by atoms with E-state index in [-0.39, 0.29) is 23.9 Å². The summed E-state index contributed by atoms with van der Waals surface area (Å²) in [6.07, 6.45) is 0.0341. The van der Waals surface area contributed by atoms with Crippen LogP contribution in [0.3, 0.4) is 0 Å². The first-order valence-corrected chi connectivity index (χ1v) is 4.81. The Labute approximate surface area is 82.9 Å². The number of rotatable bonds is 1. The van der Waals surface area contributed by atoms with Crippen LogP contribution in [0.4, 0.5) is 4.39 Å². The Morgan fingerprint density at radius 2 is 2.21 bits per heavy atom. The van der Waals surface area contributed by atoms with E-state index >= 15 is 0 Å². The molecule has 76 valence electrons. The number of hydrogen-bond donors (Lipinski definition) is 1. The Bertz CT molecular complexity index is 351. The first-order valence-electron chi connectivity index (χ1n) is 4.81. The summed E-state index contributed by atoms with van der Waals surface area (Å²) >= 11 is 0. The molecule has 2 N–H and O–H groups in total. The highest BCUT2D eigenvalue weighted by atomic mass is 19.1. The second-order valence-corrected chi connectivity index (χ2v) is 3.89. The second-order valence-electron chi connectivity index (χ2n) is 3.89. The largest absolute Gasteiger partial charge is 0.490 e. The average molecular weight is 195 g/mol. The van der Waals surface area contributed by atoms with E-state index in [9.17, 15) is 4.39 Å². The van der Waals surface area contributed by atoms with E-state index in [2.05, 4.69) is 0 Å². The molecular formula is C11H14FNO. The van der Waals surface area contributed by atoms with Crippen molar-refractivity contribution in [2.45, 2.75) is 31.9 Å². The predicted octanol–water partition coefficient (Wildman–Crippen LogP) is 2.04. The van der Waals surface area contributed by atoms with Gasteiger partial charge in [-0.25, -0.2) is 4.39 Å². The van der Waals surface area contributed by atoms with Crippen LogP contribution in [0.1, 0.15) is 25.3 Å². The summed E-state index contributed by atoms with van der Waals surface area (Å²) < 4.78 is 18.4. The lowest BCUT2D eigenvalue weighted by atomic mass is 9.90. The van der Waals surface area contributed by atoms with Crippen molar-refractivity contribution < 1.29 is 9.13 Å². The molecule has 3 atom stereocenters. The Balaban J connectivity index is 2.42. The molecule has 1 aromatic rings. The first kappa shape index (κ1) is 9.46. The molecule has 14 heavy (non-hydrogen) atoms. The Morgan fingerprint density at radius 1 is 1.50 bits per heavy atom. The maximum Gasteiger partial charge on any atom is 0.126 e. The molecule has 0 saturated heterocycles. The fraction of sp³-hybridized carbons (Fsp3) is 0.455. The molecule has 0 saturated carbocycles. The maximum absolute atomic E-state index is 12.9. The molecule has 3 heteroatoms. The Kier molecular flexibility index (Phi) is 2.19. The summed E-state index contributed by atoms with van der Waals surface area (Å²) in [4.78, 5) is 0. The number of hydrogen-bond acceptors (Lipinski definition) is 2. The van der Waals surface area contributed by atoms with Gasteiger partial charge in [-0.2, -0.15) is 0 Å².